The summed E-state index contributed by atoms with van der Waals surface area (Å²) in [7, 11) is 1.79. The van der Waals surface area contributed by atoms with Gasteiger partial charge in [-0.2, -0.15) is 0 Å². The molecule has 0 aromatic heterocycles. The molecule has 1 fully saturated rings. The first-order valence-corrected chi connectivity index (χ1v) is 8.44. The summed E-state index contributed by atoms with van der Waals surface area (Å²) in [6.07, 6.45) is 3.46. The molecule has 7 heteroatoms. The number of piperidine rings is 1. The molecule has 24 heavy (non-hydrogen) atoms. The number of carbonyl (C=O) groups is 1. The molecule has 5 nitrogen and oxygen atoms in total. The maximum absolute atomic E-state index is 11.1. The monoisotopic (exact) mass is 464 g/mol. The molecule has 134 valence electrons. The number of nitrogens with two attached hydrogens (primary N) is 1. The van der Waals surface area contributed by atoms with Crippen molar-refractivity contribution in [2.45, 2.75) is 25.7 Å². The second-order valence-corrected chi connectivity index (χ2v) is 6.42. The maximum atomic E-state index is 11.1. The van der Waals surface area contributed by atoms with E-state index in [-0.39, 0.29) is 29.9 Å². The van der Waals surface area contributed by atoms with E-state index in [0.29, 0.717) is 12.3 Å². The van der Waals surface area contributed by atoms with Gasteiger partial charge in [0.2, 0.25) is 5.91 Å². The van der Waals surface area contributed by atoms with Crippen LogP contribution in [0.15, 0.2) is 29.3 Å². The Balaban J connectivity index is 0.00000288. The third-order valence-corrected chi connectivity index (χ3v) is 4.34. The van der Waals surface area contributed by atoms with E-state index in [0.717, 1.165) is 49.9 Å². The third kappa shape index (κ3) is 6.84. The number of rotatable bonds is 5. The Morgan fingerprint density at radius 2 is 2.29 bits per heavy atom. The second-order valence-electron chi connectivity index (χ2n) is 5.98. The van der Waals surface area contributed by atoms with Gasteiger partial charge in [0, 0.05) is 38.1 Å². The highest BCUT2D eigenvalue weighted by atomic mass is 127. The summed E-state index contributed by atoms with van der Waals surface area (Å²) in [6, 6.07) is 7.89. The van der Waals surface area contributed by atoms with Crippen LogP contribution >= 0.6 is 35.6 Å². The SMILES string of the molecule is CN=C(NCCc1cccc(Cl)c1)N1CCCC(CC(N)=O)C1.I. The van der Waals surface area contributed by atoms with E-state index in [1.807, 2.05) is 18.2 Å². The minimum absolute atomic E-state index is 0. The fraction of sp³-hybridized carbons (Fsp3) is 0.529. The lowest BCUT2D eigenvalue weighted by atomic mass is 9.95. The molecule has 3 N–H and O–H groups in total. The zero-order chi connectivity index (χ0) is 16.7. The zero-order valence-corrected chi connectivity index (χ0v) is 17.1. The number of benzene rings is 1. The summed E-state index contributed by atoms with van der Waals surface area (Å²) in [5, 5.41) is 4.16. The molecule has 2 rings (SSSR count). The van der Waals surface area contributed by atoms with Gasteiger partial charge in [-0.3, -0.25) is 9.79 Å². The Bertz CT molecular complexity index is 567. The van der Waals surface area contributed by atoms with Gasteiger partial charge < -0.3 is 16.0 Å². The number of halogens is 2. The van der Waals surface area contributed by atoms with Gasteiger partial charge in [0.1, 0.15) is 0 Å². The van der Waals surface area contributed by atoms with Crippen LogP contribution in [0.25, 0.3) is 0 Å². The fourth-order valence-electron chi connectivity index (χ4n) is 3.05. The summed E-state index contributed by atoms with van der Waals surface area (Å²) < 4.78 is 0. The topological polar surface area (TPSA) is 70.7 Å². The lowest BCUT2D eigenvalue weighted by Crippen LogP contribution is -2.47. The Kier molecular flexibility index (Phi) is 9.43. The van der Waals surface area contributed by atoms with Gasteiger partial charge in [0.15, 0.2) is 5.96 Å². The quantitative estimate of drug-likeness (QED) is 0.400. The van der Waals surface area contributed by atoms with E-state index in [4.69, 9.17) is 17.3 Å². The Labute approximate surface area is 166 Å². The van der Waals surface area contributed by atoms with Crippen molar-refractivity contribution in [2.24, 2.45) is 16.6 Å². The van der Waals surface area contributed by atoms with E-state index in [1.54, 1.807) is 7.05 Å². The van der Waals surface area contributed by atoms with Crippen molar-refractivity contribution in [2.75, 3.05) is 26.7 Å². The summed E-state index contributed by atoms with van der Waals surface area (Å²) in [5.41, 5.74) is 6.52. The number of hydrogen-bond donors (Lipinski definition) is 2. The van der Waals surface area contributed by atoms with Gasteiger partial charge in [-0.05, 0) is 42.9 Å². The van der Waals surface area contributed by atoms with Crippen LogP contribution in [0.1, 0.15) is 24.8 Å². The summed E-state index contributed by atoms with van der Waals surface area (Å²) in [6.45, 7) is 2.59. The molecule has 1 heterocycles. The molecule has 1 unspecified atom stereocenters. The lowest BCUT2D eigenvalue weighted by Gasteiger charge is -2.34. The molecule has 0 spiro atoms. The van der Waals surface area contributed by atoms with Gasteiger partial charge in [-0.15, -0.1) is 24.0 Å². The van der Waals surface area contributed by atoms with Gasteiger partial charge in [0.25, 0.3) is 0 Å². The third-order valence-electron chi connectivity index (χ3n) is 4.11. The number of aliphatic imine (C=N–C) groups is 1. The molecule has 1 aliphatic rings. The largest absolute Gasteiger partial charge is 0.370 e. The number of carbonyl (C=O) groups excluding carboxylic acids is 1. The van der Waals surface area contributed by atoms with Crippen LogP contribution in [-0.2, 0) is 11.2 Å². The first kappa shape index (κ1) is 21.0. The molecule has 1 amide bonds. The molecular weight excluding hydrogens is 439 g/mol. The van der Waals surface area contributed by atoms with Crippen molar-refractivity contribution in [3.05, 3.63) is 34.9 Å². The van der Waals surface area contributed by atoms with Crippen molar-refractivity contribution in [3.8, 4) is 0 Å². The van der Waals surface area contributed by atoms with Crippen LogP contribution in [-0.4, -0.2) is 43.4 Å². The predicted octanol–water partition coefficient (Wildman–Crippen LogP) is 2.66. The van der Waals surface area contributed by atoms with Crippen LogP contribution in [0.2, 0.25) is 5.02 Å². The molecular formula is C17H26ClIN4O. The molecule has 0 radical (unpaired) electrons. The van der Waals surface area contributed by atoms with Crippen molar-refractivity contribution >= 4 is 47.4 Å². The van der Waals surface area contributed by atoms with Crippen molar-refractivity contribution in [1.29, 1.82) is 0 Å². The molecule has 1 saturated heterocycles. The first-order valence-electron chi connectivity index (χ1n) is 8.07. The van der Waals surface area contributed by atoms with Crippen LogP contribution in [0, 0.1) is 5.92 Å². The minimum atomic E-state index is -0.222. The van der Waals surface area contributed by atoms with E-state index in [1.165, 1.54) is 5.56 Å². The molecule has 0 bridgehead atoms. The number of likely N-dealkylation sites (tertiary alicyclic amines) is 1. The first-order chi connectivity index (χ1) is 11.1. The highest BCUT2D eigenvalue weighted by Crippen LogP contribution is 2.19. The van der Waals surface area contributed by atoms with E-state index in [2.05, 4.69) is 21.3 Å². The molecule has 1 atom stereocenters. The average molecular weight is 465 g/mol. The molecule has 0 saturated carbocycles. The number of nitrogens with one attached hydrogen (secondary N) is 1. The van der Waals surface area contributed by atoms with Gasteiger partial charge in [-0.1, -0.05) is 23.7 Å². The van der Waals surface area contributed by atoms with E-state index >= 15 is 0 Å². The highest BCUT2D eigenvalue weighted by molar-refractivity contribution is 14.0. The van der Waals surface area contributed by atoms with Gasteiger partial charge in [0.05, 0.1) is 0 Å². The maximum Gasteiger partial charge on any atom is 0.217 e. The zero-order valence-electron chi connectivity index (χ0n) is 14.0. The van der Waals surface area contributed by atoms with Crippen LogP contribution in [0.4, 0.5) is 0 Å². The Morgan fingerprint density at radius 3 is 2.96 bits per heavy atom. The Morgan fingerprint density at radius 1 is 1.50 bits per heavy atom. The number of primary amides is 1. The van der Waals surface area contributed by atoms with Crippen LogP contribution in [0.3, 0.4) is 0 Å². The number of guanidine groups is 1. The lowest BCUT2D eigenvalue weighted by molar-refractivity contribution is -0.119. The molecule has 1 aromatic carbocycles. The summed E-state index contributed by atoms with van der Waals surface area (Å²) in [5.74, 6) is 0.995. The van der Waals surface area contributed by atoms with E-state index < -0.39 is 0 Å². The smallest absolute Gasteiger partial charge is 0.217 e. The van der Waals surface area contributed by atoms with Crippen LogP contribution < -0.4 is 11.1 Å². The molecule has 1 aliphatic heterocycles. The molecule has 0 aliphatic carbocycles. The number of amides is 1. The minimum Gasteiger partial charge on any atom is -0.370 e. The van der Waals surface area contributed by atoms with Crippen LogP contribution in [0.5, 0.6) is 0 Å². The van der Waals surface area contributed by atoms with Crippen molar-refractivity contribution in [3.63, 3.8) is 0 Å². The Hall–Kier alpha value is -1.02. The van der Waals surface area contributed by atoms with Crippen molar-refractivity contribution in [1.82, 2.24) is 10.2 Å². The normalized spacial score (nSPS) is 18.0. The van der Waals surface area contributed by atoms with Crippen molar-refractivity contribution < 1.29 is 4.79 Å². The predicted molar refractivity (Wildman–Crippen MR) is 110 cm³/mol. The highest BCUT2D eigenvalue weighted by Gasteiger charge is 2.23. The second kappa shape index (κ2) is 10.8. The standard InChI is InChI=1S/C17H25ClN4O.HI/c1-20-17(21-8-7-13-4-2-6-15(18)10-13)22-9-3-5-14(12-22)11-16(19)23;/h2,4,6,10,14H,3,5,7-9,11-12H2,1H3,(H2,19,23)(H,20,21);1H. The average Bonchev–Trinajstić information content (AvgIpc) is 2.51. The number of hydrogen-bond acceptors (Lipinski definition) is 2. The summed E-state index contributed by atoms with van der Waals surface area (Å²) in [4.78, 5) is 17.7. The fourth-order valence-corrected chi connectivity index (χ4v) is 3.26. The van der Waals surface area contributed by atoms with Gasteiger partial charge in [-0.25, -0.2) is 0 Å². The number of nitrogens with zero attached hydrogens (tertiary/aromatic N) is 2. The van der Waals surface area contributed by atoms with Gasteiger partial charge >= 0.3 is 0 Å². The molecule has 1 aromatic rings. The summed E-state index contributed by atoms with van der Waals surface area (Å²) >= 11 is 6.00. The van der Waals surface area contributed by atoms with E-state index in [9.17, 15) is 4.79 Å².